The van der Waals surface area contributed by atoms with E-state index in [1.807, 2.05) is 30.3 Å². The first-order valence-electron chi connectivity index (χ1n) is 6.94. The lowest BCUT2D eigenvalue weighted by molar-refractivity contribution is 0.287. The van der Waals surface area contributed by atoms with Crippen molar-refractivity contribution in [2.75, 3.05) is 20.2 Å². The Labute approximate surface area is 138 Å². The zero-order valence-electron chi connectivity index (χ0n) is 12.4. The van der Waals surface area contributed by atoms with Gasteiger partial charge in [-0.1, -0.05) is 24.3 Å². The number of hydrogen-bond donors (Lipinski definition) is 0. The summed E-state index contributed by atoms with van der Waals surface area (Å²) in [7, 11) is -2.10. The molecule has 0 saturated carbocycles. The van der Waals surface area contributed by atoms with Crippen molar-refractivity contribution in [3.8, 4) is 5.75 Å². The van der Waals surface area contributed by atoms with Gasteiger partial charge in [-0.05, 0) is 24.3 Å². The molecule has 0 N–H and O–H groups in total. The Kier molecular flexibility index (Phi) is 4.56. The van der Waals surface area contributed by atoms with Crippen molar-refractivity contribution < 1.29 is 13.2 Å². The summed E-state index contributed by atoms with van der Waals surface area (Å²) in [6, 6.07) is 14.3. The van der Waals surface area contributed by atoms with E-state index in [2.05, 4.69) is 8.75 Å². The normalized spacial score (nSPS) is 11.9. The second-order valence-electron chi connectivity index (χ2n) is 4.88. The van der Waals surface area contributed by atoms with E-state index in [9.17, 15) is 8.42 Å². The summed E-state index contributed by atoms with van der Waals surface area (Å²) in [5.74, 6) is 0.712. The third kappa shape index (κ3) is 3.34. The van der Waals surface area contributed by atoms with Gasteiger partial charge in [0, 0.05) is 13.6 Å². The van der Waals surface area contributed by atoms with Crippen LogP contribution in [0, 0.1) is 0 Å². The standard InChI is InChI=1S/C15H15N3O3S2/c1-18(10-11-21-12-6-3-2-4-7-12)23(19,20)14-9-5-8-13-15(14)17-22-16-13/h2-9H,10-11H2,1H3. The van der Waals surface area contributed by atoms with Crippen LogP contribution in [-0.2, 0) is 10.0 Å². The van der Waals surface area contributed by atoms with Gasteiger partial charge in [0.1, 0.15) is 28.3 Å². The highest BCUT2D eigenvalue weighted by atomic mass is 32.2. The maximum Gasteiger partial charge on any atom is 0.245 e. The molecule has 0 aliphatic carbocycles. The lowest BCUT2D eigenvalue weighted by Gasteiger charge is -2.17. The number of ether oxygens (including phenoxy) is 1. The van der Waals surface area contributed by atoms with E-state index in [1.54, 1.807) is 18.2 Å². The third-order valence-electron chi connectivity index (χ3n) is 3.36. The Morgan fingerprint density at radius 3 is 2.65 bits per heavy atom. The molecule has 0 unspecified atom stereocenters. The average molecular weight is 349 g/mol. The second kappa shape index (κ2) is 6.61. The van der Waals surface area contributed by atoms with Crippen LogP contribution in [0.25, 0.3) is 11.0 Å². The van der Waals surface area contributed by atoms with Gasteiger partial charge in [0.15, 0.2) is 0 Å². The first-order chi connectivity index (χ1) is 11.1. The van der Waals surface area contributed by atoms with Crippen molar-refractivity contribution >= 4 is 32.8 Å². The van der Waals surface area contributed by atoms with Crippen molar-refractivity contribution in [3.63, 3.8) is 0 Å². The smallest absolute Gasteiger partial charge is 0.245 e. The van der Waals surface area contributed by atoms with Crippen molar-refractivity contribution in [1.82, 2.24) is 13.1 Å². The number of rotatable bonds is 6. The maximum absolute atomic E-state index is 12.7. The predicted octanol–water partition coefficient (Wildman–Crippen LogP) is 2.39. The summed E-state index contributed by atoms with van der Waals surface area (Å²) < 4.78 is 40.4. The van der Waals surface area contributed by atoms with Crippen molar-refractivity contribution in [2.24, 2.45) is 0 Å². The van der Waals surface area contributed by atoms with E-state index in [4.69, 9.17) is 4.74 Å². The summed E-state index contributed by atoms with van der Waals surface area (Å²) in [6.07, 6.45) is 0. The minimum atomic E-state index is -3.63. The highest BCUT2D eigenvalue weighted by Crippen LogP contribution is 2.23. The average Bonchev–Trinajstić information content (AvgIpc) is 3.04. The molecule has 0 radical (unpaired) electrons. The number of likely N-dealkylation sites (N-methyl/N-ethyl adjacent to an activating group) is 1. The van der Waals surface area contributed by atoms with Crippen LogP contribution >= 0.6 is 11.7 Å². The van der Waals surface area contributed by atoms with Crippen molar-refractivity contribution in [3.05, 3.63) is 48.5 Å². The number of hydrogen-bond acceptors (Lipinski definition) is 6. The molecule has 0 spiro atoms. The van der Waals surface area contributed by atoms with Crippen LogP contribution in [0.2, 0.25) is 0 Å². The third-order valence-corrected chi connectivity index (χ3v) is 5.79. The lowest BCUT2D eigenvalue weighted by atomic mass is 10.3. The molecule has 3 rings (SSSR count). The van der Waals surface area contributed by atoms with Crippen molar-refractivity contribution in [1.29, 1.82) is 0 Å². The highest BCUT2D eigenvalue weighted by Gasteiger charge is 2.24. The largest absolute Gasteiger partial charge is 0.492 e. The summed E-state index contributed by atoms with van der Waals surface area (Å²) in [4.78, 5) is 0.172. The molecule has 1 aromatic heterocycles. The quantitative estimate of drug-likeness (QED) is 0.683. The van der Waals surface area contributed by atoms with Crippen LogP contribution in [0.1, 0.15) is 0 Å². The number of nitrogens with zero attached hydrogens (tertiary/aromatic N) is 3. The van der Waals surface area contributed by atoms with Gasteiger partial charge in [-0.2, -0.15) is 13.1 Å². The molecule has 0 fully saturated rings. The lowest BCUT2D eigenvalue weighted by Crippen LogP contribution is -2.31. The molecule has 120 valence electrons. The van der Waals surface area contributed by atoms with E-state index in [-0.39, 0.29) is 18.0 Å². The number of benzene rings is 2. The first kappa shape index (κ1) is 15.9. The molecular weight excluding hydrogens is 334 g/mol. The molecule has 0 atom stereocenters. The van der Waals surface area contributed by atoms with E-state index in [1.165, 1.54) is 11.4 Å². The highest BCUT2D eigenvalue weighted by molar-refractivity contribution is 7.89. The van der Waals surface area contributed by atoms with E-state index >= 15 is 0 Å². The first-order valence-corrected chi connectivity index (χ1v) is 9.11. The molecule has 3 aromatic rings. The second-order valence-corrected chi connectivity index (χ2v) is 7.42. The fourth-order valence-electron chi connectivity index (χ4n) is 2.09. The van der Waals surface area contributed by atoms with Gasteiger partial charge in [-0.15, -0.1) is 0 Å². The number of sulfonamides is 1. The molecular formula is C15H15N3O3S2. The summed E-state index contributed by atoms with van der Waals surface area (Å²) in [6.45, 7) is 0.510. The van der Waals surface area contributed by atoms with Crippen LogP contribution in [0.4, 0.5) is 0 Å². The predicted molar refractivity (Wildman–Crippen MR) is 89.2 cm³/mol. The van der Waals surface area contributed by atoms with Crippen LogP contribution in [0.15, 0.2) is 53.4 Å². The van der Waals surface area contributed by atoms with Gasteiger partial charge in [0.2, 0.25) is 10.0 Å². The summed E-state index contributed by atoms with van der Waals surface area (Å²) >= 11 is 1.00. The Balaban J connectivity index is 1.73. The zero-order valence-corrected chi connectivity index (χ0v) is 14.0. The SMILES string of the molecule is CN(CCOc1ccccc1)S(=O)(=O)c1cccc2nsnc12. The molecule has 0 bridgehead atoms. The Bertz CT molecular complexity index is 894. The topological polar surface area (TPSA) is 72.4 Å². The van der Waals surface area contributed by atoms with Gasteiger partial charge < -0.3 is 4.74 Å². The van der Waals surface area contributed by atoms with Crippen molar-refractivity contribution in [2.45, 2.75) is 4.90 Å². The van der Waals surface area contributed by atoms with Crippen LogP contribution in [0.5, 0.6) is 5.75 Å². The molecule has 23 heavy (non-hydrogen) atoms. The molecule has 6 nitrogen and oxygen atoms in total. The fourth-order valence-corrected chi connectivity index (χ4v) is 3.99. The molecule has 2 aromatic carbocycles. The molecule has 0 saturated heterocycles. The van der Waals surface area contributed by atoms with Gasteiger partial charge in [0.25, 0.3) is 0 Å². The molecule has 0 aliphatic rings. The Hall–Kier alpha value is -2.03. The van der Waals surface area contributed by atoms with Crippen LogP contribution in [0.3, 0.4) is 0 Å². The molecule has 0 amide bonds. The number of aromatic nitrogens is 2. The van der Waals surface area contributed by atoms with E-state index in [0.29, 0.717) is 16.8 Å². The Morgan fingerprint density at radius 2 is 1.87 bits per heavy atom. The molecule has 8 heteroatoms. The zero-order chi connectivity index (χ0) is 16.3. The van der Waals surface area contributed by atoms with Gasteiger partial charge in [0.05, 0.1) is 11.7 Å². The molecule has 1 heterocycles. The minimum Gasteiger partial charge on any atom is -0.492 e. The van der Waals surface area contributed by atoms with Gasteiger partial charge in [-0.25, -0.2) is 8.42 Å². The number of para-hydroxylation sites is 1. The summed E-state index contributed by atoms with van der Waals surface area (Å²) in [5.41, 5.74) is 0.998. The van der Waals surface area contributed by atoms with E-state index < -0.39 is 10.0 Å². The fraction of sp³-hybridized carbons (Fsp3) is 0.200. The van der Waals surface area contributed by atoms with Gasteiger partial charge >= 0.3 is 0 Å². The minimum absolute atomic E-state index is 0.172. The summed E-state index contributed by atoms with van der Waals surface area (Å²) in [5, 5.41) is 0. The van der Waals surface area contributed by atoms with E-state index in [0.717, 1.165) is 11.7 Å². The Morgan fingerprint density at radius 1 is 1.09 bits per heavy atom. The maximum atomic E-state index is 12.7. The number of fused-ring (bicyclic) bond motifs is 1. The van der Waals surface area contributed by atoms with Crippen LogP contribution < -0.4 is 4.74 Å². The van der Waals surface area contributed by atoms with Crippen LogP contribution in [-0.4, -0.2) is 41.7 Å². The monoisotopic (exact) mass is 349 g/mol. The van der Waals surface area contributed by atoms with Gasteiger partial charge in [-0.3, -0.25) is 0 Å². The molecule has 0 aliphatic heterocycles.